The van der Waals surface area contributed by atoms with Crippen LogP contribution in [0.1, 0.15) is 49.6 Å². The summed E-state index contributed by atoms with van der Waals surface area (Å²) in [6, 6.07) is 10.8. The zero-order valence-electron chi connectivity index (χ0n) is 17.6. The first kappa shape index (κ1) is 20.5. The lowest BCUT2D eigenvalue weighted by Gasteiger charge is -2.22. The Bertz CT molecular complexity index is 1150. The minimum absolute atomic E-state index is 0.291. The van der Waals surface area contributed by atoms with Gasteiger partial charge in [-0.25, -0.2) is 13.4 Å². The van der Waals surface area contributed by atoms with Gasteiger partial charge in [0.2, 0.25) is 0 Å². The number of nitrogens with one attached hydrogen (secondary N) is 1. The third kappa shape index (κ3) is 3.81. The average Bonchev–Trinajstić information content (AvgIpc) is 3.23. The highest BCUT2D eigenvalue weighted by Gasteiger charge is 2.25. The Morgan fingerprint density at radius 2 is 1.73 bits per heavy atom. The monoisotopic (exact) mass is 425 g/mol. The van der Waals surface area contributed by atoms with Crippen LogP contribution in [0, 0.1) is 0 Å². The second kappa shape index (κ2) is 8.14. The van der Waals surface area contributed by atoms with Gasteiger partial charge in [0.05, 0.1) is 12.0 Å². The summed E-state index contributed by atoms with van der Waals surface area (Å²) in [6.07, 6.45) is 7.33. The van der Waals surface area contributed by atoms with Crippen LogP contribution in [0.4, 0.5) is 5.69 Å². The minimum Gasteiger partial charge on any atom is -0.496 e. The number of benzene rings is 2. The smallest absolute Gasteiger partial charge is 0.262 e. The molecule has 0 atom stereocenters. The average molecular weight is 426 g/mol. The number of ether oxygens (including phenoxy) is 1. The maximum Gasteiger partial charge on any atom is 0.262 e. The lowest BCUT2D eigenvalue weighted by atomic mass is 9.91. The van der Waals surface area contributed by atoms with Crippen molar-refractivity contribution in [2.24, 2.45) is 0 Å². The van der Waals surface area contributed by atoms with Gasteiger partial charge in [0, 0.05) is 29.7 Å². The second-order valence-electron chi connectivity index (χ2n) is 7.89. The van der Waals surface area contributed by atoms with Crippen molar-refractivity contribution in [1.82, 2.24) is 9.55 Å². The summed E-state index contributed by atoms with van der Waals surface area (Å²) in [4.78, 5) is 4.76. The molecule has 4 rings (SSSR count). The number of hydrogen-bond acceptors (Lipinski definition) is 4. The maximum absolute atomic E-state index is 13.2. The predicted octanol–water partition coefficient (Wildman–Crippen LogP) is 4.68. The number of methoxy groups -OCH3 is 1. The van der Waals surface area contributed by atoms with Crippen molar-refractivity contribution in [2.75, 3.05) is 11.8 Å². The Morgan fingerprint density at radius 1 is 1.03 bits per heavy atom. The van der Waals surface area contributed by atoms with E-state index in [-0.39, 0.29) is 0 Å². The molecule has 0 spiro atoms. The van der Waals surface area contributed by atoms with Crippen LogP contribution in [0.2, 0.25) is 0 Å². The van der Waals surface area contributed by atoms with Crippen molar-refractivity contribution in [1.29, 1.82) is 0 Å². The van der Waals surface area contributed by atoms with E-state index >= 15 is 0 Å². The molecule has 0 saturated heterocycles. The van der Waals surface area contributed by atoms with E-state index in [1.807, 2.05) is 22.9 Å². The molecule has 158 valence electrons. The minimum atomic E-state index is -3.69. The Balaban J connectivity index is 1.62. The molecule has 1 aliphatic carbocycles. The number of anilines is 1. The van der Waals surface area contributed by atoms with Crippen LogP contribution in [0.3, 0.4) is 0 Å². The Morgan fingerprint density at radius 3 is 2.40 bits per heavy atom. The fourth-order valence-corrected chi connectivity index (χ4v) is 5.46. The number of imidazole rings is 1. The molecule has 0 amide bonds. The van der Waals surface area contributed by atoms with Gasteiger partial charge in [-0.2, -0.15) is 0 Å². The zero-order valence-corrected chi connectivity index (χ0v) is 18.4. The molecule has 3 aromatic rings. The molecule has 0 saturated carbocycles. The maximum atomic E-state index is 13.2. The molecule has 0 aliphatic heterocycles. The Labute approximate surface area is 178 Å². The molecule has 0 radical (unpaired) electrons. The van der Waals surface area contributed by atoms with Gasteiger partial charge in [-0.3, -0.25) is 4.72 Å². The molecule has 0 bridgehead atoms. The van der Waals surface area contributed by atoms with Crippen LogP contribution < -0.4 is 9.46 Å². The van der Waals surface area contributed by atoms with Crippen molar-refractivity contribution in [2.45, 2.75) is 50.3 Å². The van der Waals surface area contributed by atoms with E-state index in [0.29, 0.717) is 16.5 Å². The number of fused-ring (bicyclic) bond motifs is 1. The topological polar surface area (TPSA) is 73.2 Å². The van der Waals surface area contributed by atoms with E-state index in [2.05, 4.69) is 23.6 Å². The summed E-state index contributed by atoms with van der Waals surface area (Å²) in [7, 11) is -2.06. The van der Waals surface area contributed by atoms with Crippen molar-refractivity contribution >= 4 is 15.7 Å². The van der Waals surface area contributed by atoms with Crippen LogP contribution in [-0.4, -0.2) is 25.1 Å². The molecular weight excluding hydrogens is 398 g/mol. The van der Waals surface area contributed by atoms with Crippen molar-refractivity contribution < 1.29 is 13.2 Å². The summed E-state index contributed by atoms with van der Waals surface area (Å²) in [5.74, 6) is 2.03. The van der Waals surface area contributed by atoms with E-state index in [1.165, 1.54) is 0 Å². The fraction of sp³-hybridized carbons (Fsp3) is 0.348. The highest BCUT2D eigenvalue weighted by Crippen LogP contribution is 2.35. The number of rotatable bonds is 6. The van der Waals surface area contributed by atoms with Gasteiger partial charge in [-0.05, 0) is 73.2 Å². The van der Waals surface area contributed by atoms with Gasteiger partial charge in [0.25, 0.3) is 10.0 Å². The van der Waals surface area contributed by atoms with Crippen molar-refractivity contribution in [3.05, 3.63) is 65.7 Å². The second-order valence-corrected chi connectivity index (χ2v) is 9.54. The standard InChI is InChI=1S/C23H27N3O3S/c1-16(2)23-24-14-15-26(23)18-10-8-17(9-11-18)25-30(27,28)22-13-12-21(29-3)19-6-4-5-7-20(19)22/h8-16,25H,4-7H2,1-3H3. The van der Waals surface area contributed by atoms with Gasteiger partial charge >= 0.3 is 0 Å². The Hall–Kier alpha value is -2.80. The summed E-state index contributed by atoms with van der Waals surface area (Å²) < 4.78 is 36.5. The van der Waals surface area contributed by atoms with Crippen LogP contribution >= 0.6 is 0 Å². The number of aromatic nitrogens is 2. The molecule has 2 aromatic carbocycles. The largest absolute Gasteiger partial charge is 0.496 e. The molecule has 30 heavy (non-hydrogen) atoms. The molecule has 0 fully saturated rings. The zero-order chi connectivity index (χ0) is 21.3. The highest BCUT2D eigenvalue weighted by atomic mass is 32.2. The normalized spacial score (nSPS) is 13.9. The van der Waals surface area contributed by atoms with Crippen LogP contribution in [0.15, 0.2) is 53.7 Å². The van der Waals surface area contributed by atoms with E-state index in [0.717, 1.165) is 54.1 Å². The lowest BCUT2D eigenvalue weighted by Crippen LogP contribution is -2.18. The third-order valence-electron chi connectivity index (χ3n) is 5.54. The first-order valence-electron chi connectivity index (χ1n) is 10.3. The molecule has 6 nitrogen and oxygen atoms in total. The van der Waals surface area contributed by atoms with E-state index in [9.17, 15) is 8.42 Å². The van der Waals surface area contributed by atoms with Gasteiger partial charge < -0.3 is 9.30 Å². The van der Waals surface area contributed by atoms with Crippen LogP contribution in [-0.2, 0) is 22.9 Å². The molecule has 0 unspecified atom stereocenters. The summed E-state index contributed by atoms with van der Waals surface area (Å²) in [5, 5.41) is 0. The predicted molar refractivity (Wildman–Crippen MR) is 118 cm³/mol. The number of hydrogen-bond donors (Lipinski definition) is 1. The van der Waals surface area contributed by atoms with E-state index in [1.54, 1.807) is 37.6 Å². The number of sulfonamides is 1. The third-order valence-corrected chi connectivity index (χ3v) is 7.01. The quantitative estimate of drug-likeness (QED) is 0.622. The summed E-state index contributed by atoms with van der Waals surface area (Å²) in [5.41, 5.74) is 3.37. The summed E-state index contributed by atoms with van der Waals surface area (Å²) in [6.45, 7) is 4.19. The van der Waals surface area contributed by atoms with Crippen LogP contribution in [0.25, 0.3) is 5.69 Å². The Kier molecular flexibility index (Phi) is 5.56. The van der Waals surface area contributed by atoms with Gasteiger partial charge in [-0.1, -0.05) is 13.8 Å². The van der Waals surface area contributed by atoms with E-state index < -0.39 is 10.0 Å². The SMILES string of the molecule is COc1ccc(S(=O)(=O)Nc2ccc(-n3ccnc3C(C)C)cc2)c2c1CCCC2. The molecule has 1 N–H and O–H groups in total. The van der Waals surface area contributed by atoms with Crippen molar-refractivity contribution in [3.8, 4) is 11.4 Å². The molecule has 7 heteroatoms. The van der Waals surface area contributed by atoms with Crippen molar-refractivity contribution in [3.63, 3.8) is 0 Å². The molecule has 1 heterocycles. The van der Waals surface area contributed by atoms with Gasteiger partial charge in [0.15, 0.2) is 0 Å². The van der Waals surface area contributed by atoms with Crippen LogP contribution in [0.5, 0.6) is 5.75 Å². The first-order chi connectivity index (χ1) is 14.4. The molecule has 1 aromatic heterocycles. The summed E-state index contributed by atoms with van der Waals surface area (Å²) >= 11 is 0. The van der Waals surface area contributed by atoms with Gasteiger partial charge in [-0.15, -0.1) is 0 Å². The lowest BCUT2D eigenvalue weighted by molar-refractivity contribution is 0.405. The first-order valence-corrected chi connectivity index (χ1v) is 11.7. The van der Waals surface area contributed by atoms with Gasteiger partial charge in [0.1, 0.15) is 11.6 Å². The fourth-order valence-electron chi connectivity index (χ4n) is 4.11. The molecular formula is C23H27N3O3S. The number of nitrogens with zero attached hydrogens (tertiary/aromatic N) is 2. The molecule has 1 aliphatic rings. The van der Waals surface area contributed by atoms with E-state index in [4.69, 9.17) is 4.74 Å². The highest BCUT2D eigenvalue weighted by molar-refractivity contribution is 7.92.